The molecule has 1 amide bonds. The average Bonchev–Trinajstić information content (AvgIpc) is 3.34. The largest absolute Gasteiger partial charge is 0.495 e. The molecule has 2 N–H and O–H groups in total. The molecule has 40 heavy (non-hydrogen) atoms. The van der Waals surface area contributed by atoms with E-state index in [-0.39, 0.29) is 17.1 Å². The summed E-state index contributed by atoms with van der Waals surface area (Å²) < 4.78 is 21.4. The molecule has 0 bridgehead atoms. The first-order valence-corrected chi connectivity index (χ1v) is 14.0. The number of hydrogen-bond acceptors (Lipinski definition) is 6. The molecule has 4 aromatic rings. The number of halogens is 1. The number of anilines is 2. The molecule has 1 aromatic heterocycles. The number of thioether (sulfide) groups is 1. The highest BCUT2D eigenvalue weighted by Crippen LogP contribution is 2.38. The van der Waals surface area contributed by atoms with Crippen LogP contribution in [0, 0.1) is 5.82 Å². The number of nitrogens with zero attached hydrogens (tertiary/aromatic N) is 3. The van der Waals surface area contributed by atoms with Crippen molar-refractivity contribution in [1.29, 1.82) is 0 Å². The van der Waals surface area contributed by atoms with Crippen LogP contribution < -0.4 is 15.4 Å². The highest BCUT2D eigenvalue weighted by Gasteiger charge is 2.35. The SMILES string of the molecule is COc1ccccc1NC(=O)C1=C(C)Nc2nc(SCc3ccccc3F)nn2C1c1ccc(C(C)(C)C)cc1. The molecular formula is C31H32FN5O2S. The van der Waals surface area contributed by atoms with Gasteiger partial charge in [0, 0.05) is 11.4 Å². The fourth-order valence-electron chi connectivity index (χ4n) is 4.66. The third-order valence-corrected chi connectivity index (χ3v) is 7.73. The number of allylic oxidation sites excluding steroid dienone is 1. The predicted molar refractivity (Wildman–Crippen MR) is 157 cm³/mol. The molecule has 1 aliphatic heterocycles. The van der Waals surface area contributed by atoms with Crippen molar-refractivity contribution < 1.29 is 13.9 Å². The molecule has 1 atom stereocenters. The van der Waals surface area contributed by atoms with Crippen molar-refractivity contribution in [3.05, 3.63) is 107 Å². The van der Waals surface area contributed by atoms with Gasteiger partial charge >= 0.3 is 0 Å². The first kappa shape index (κ1) is 27.5. The summed E-state index contributed by atoms with van der Waals surface area (Å²) in [7, 11) is 1.57. The van der Waals surface area contributed by atoms with Crippen molar-refractivity contribution in [2.45, 2.75) is 50.1 Å². The number of methoxy groups -OCH3 is 1. The summed E-state index contributed by atoms with van der Waals surface area (Å²) >= 11 is 1.34. The van der Waals surface area contributed by atoms with Crippen molar-refractivity contribution in [1.82, 2.24) is 14.8 Å². The third kappa shape index (κ3) is 5.60. The highest BCUT2D eigenvalue weighted by atomic mass is 32.2. The Bertz CT molecular complexity index is 1570. The summed E-state index contributed by atoms with van der Waals surface area (Å²) in [6.07, 6.45) is 0. The smallest absolute Gasteiger partial charge is 0.255 e. The van der Waals surface area contributed by atoms with Gasteiger partial charge < -0.3 is 15.4 Å². The Balaban J connectivity index is 1.52. The first-order chi connectivity index (χ1) is 19.2. The van der Waals surface area contributed by atoms with Crippen molar-refractivity contribution in [3.8, 4) is 5.75 Å². The fraction of sp³-hybridized carbons (Fsp3) is 0.258. The number of amides is 1. The molecule has 1 unspecified atom stereocenters. The van der Waals surface area contributed by atoms with E-state index in [0.29, 0.717) is 45.1 Å². The molecular weight excluding hydrogens is 525 g/mol. The van der Waals surface area contributed by atoms with Gasteiger partial charge in [-0.1, -0.05) is 87.1 Å². The molecule has 2 heterocycles. The first-order valence-electron chi connectivity index (χ1n) is 13.0. The zero-order valence-electron chi connectivity index (χ0n) is 23.2. The van der Waals surface area contributed by atoms with Gasteiger partial charge in [0.1, 0.15) is 17.6 Å². The van der Waals surface area contributed by atoms with Crippen molar-refractivity contribution in [2.75, 3.05) is 17.7 Å². The number of rotatable bonds is 7. The van der Waals surface area contributed by atoms with Crippen LogP contribution in [-0.2, 0) is 16.0 Å². The molecule has 0 fully saturated rings. The second-order valence-electron chi connectivity index (χ2n) is 10.6. The van der Waals surface area contributed by atoms with E-state index in [1.807, 2.05) is 37.3 Å². The summed E-state index contributed by atoms with van der Waals surface area (Å²) in [5, 5.41) is 11.5. The Morgan fingerprint density at radius 3 is 2.48 bits per heavy atom. The Morgan fingerprint density at radius 2 is 1.77 bits per heavy atom. The Kier molecular flexibility index (Phi) is 7.67. The number of para-hydroxylation sites is 2. The van der Waals surface area contributed by atoms with Gasteiger partial charge in [-0.3, -0.25) is 4.79 Å². The van der Waals surface area contributed by atoms with E-state index in [1.165, 1.54) is 23.4 Å². The fourth-order valence-corrected chi connectivity index (χ4v) is 5.47. The molecule has 5 rings (SSSR count). The van der Waals surface area contributed by atoms with Crippen LogP contribution in [0.2, 0.25) is 0 Å². The maximum Gasteiger partial charge on any atom is 0.255 e. The summed E-state index contributed by atoms with van der Waals surface area (Å²) in [6.45, 7) is 8.35. The lowest BCUT2D eigenvalue weighted by atomic mass is 9.85. The third-order valence-electron chi connectivity index (χ3n) is 6.84. The maximum atomic E-state index is 14.2. The molecule has 0 saturated heterocycles. The monoisotopic (exact) mass is 557 g/mol. The number of carbonyl (C=O) groups is 1. The van der Waals surface area contributed by atoms with E-state index >= 15 is 0 Å². The average molecular weight is 558 g/mol. The lowest BCUT2D eigenvalue weighted by molar-refractivity contribution is -0.113. The van der Waals surface area contributed by atoms with Gasteiger partial charge in [0.05, 0.1) is 18.4 Å². The minimum absolute atomic E-state index is 0.0165. The zero-order chi connectivity index (χ0) is 28.4. The number of fused-ring (bicyclic) bond motifs is 1. The molecule has 1 aliphatic rings. The van der Waals surface area contributed by atoms with Crippen LogP contribution in [0.4, 0.5) is 16.0 Å². The maximum absolute atomic E-state index is 14.2. The normalized spacial score (nSPS) is 14.9. The van der Waals surface area contributed by atoms with Gasteiger partial charge in [-0.25, -0.2) is 9.07 Å². The van der Waals surface area contributed by atoms with E-state index in [0.717, 1.165) is 5.56 Å². The van der Waals surface area contributed by atoms with Crippen LogP contribution >= 0.6 is 11.8 Å². The van der Waals surface area contributed by atoms with Crippen LogP contribution in [0.1, 0.15) is 50.4 Å². The van der Waals surface area contributed by atoms with Gasteiger partial charge in [0.25, 0.3) is 5.91 Å². The Labute approximate surface area is 237 Å². The molecule has 3 aromatic carbocycles. The number of hydrogen-bond donors (Lipinski definition) is 2. The van der Waals surface area contributed by atoms with Crippen LogP contribution in [0.25, 0.3) is 0 Å². The van der Waals surface area contributed by atoms with Crippen molar-refractivity contribution in [3.63, 3.8) is 0 Å². The Morgan fingerprint density at radius 1 is 1.07 bits per heavy atom. The minimum atomic E-state index is -0.532. The lowest BCUT2D eigenvalue weighted by Crippen LogP contribution is -2.31. The molecule has 0 radical (unpaired) electrons. The number of benzene rings is 3. The van der Waals surface area contributed by atoms with Crippen LogP contribution in [-0.4, -0.2) is 27.8 Å². The highest BCUT2D eigenvalue weighted by molar-refractivity contribution is 7.98. The van der Waals surface area contributed by atoms with Crippen LogP contribution in [0.3, 0.4) is 0 Å². The lowest BCUT2D eigenvalue weighted by Gasteiger charge is -2.29. The molecule has 7 nitrogen and oxygen atoms in total. The van der Waals surface area contributed by atoms with Gasteiger partial charge in [-0.15, -0.1) is 5.10 Å². The minimum Gasteiger partial charge on any atom is -0.495 e. The number of ether oxygens (including phenoxy) is 1. The number of nitrogens with one attached hydrogen (secondary N) is 2. The van der Waals surface area contributed by atoms with Gasteiger partial charge in [-0.2, -0.15) is 4.98 Å². The topological polar surface area (TPSA) is 81.1 Å². The molecule has 0 saturated carbocycles. The van der Waals surface area contributed by atoms with Gasteiger partial charge in [0.2, 0.25) is 11.1 Å². The zero-order valence-corrected chi connectivity index (χ0v) is 24.0. The van der Waals surface area contributed by atoms with E-state index in [9.17, 15) is 9.18 Å². The van der Waals surface area contributed by atoms with Crippen molar-refractivity contribution in [2.24, 2.45) is 0 Å². The summed E-state index contributed by atoms with van der Waals surface area (Å²) in [4.78, 5) is 18.5. The van der Waals surface area contributed by atoms with E-state index in [1.54, 1.807) is 36.1 Å². The predicted octanol–water partition coefficient (Wildman–Crippen LogP) is 6.94. The van der Waals surface area contributed by atoms with E-state index in [4.69, 9.17) is 9.84 Å². The molecule has 0 aliphatic carbocycles. The quantitative estimate of drug-likeness (QED) is 0.240. The van der Waals surface area contributed by atoms with Gasteiger partial charge in [0.15, 0.2) is 0 Å². The number of aromatic nitrogens is 3. The van der Waals surface area contributed by atoms with Crippen molar-refractivity contribution >= 4 is 29.3 Å². The molecule has 0 spiro atoms. The van der Waals surface area contributed by atoms with E-state index in [2.05, 4.69) is 48.5 Å². The standard InChI is InChI=1S/C31H32FN5O2S/c1-19-26(28(38)34-24-12-8-9-13-25(24)39-5)27(20-14-16-22(17-15-20)31(2,3)4)37-29(33-19)35-30(36-37)40-18-21-10-6-7-11-23(21)32/h6-17,27H,18H2,1-5H3,(H,34,38)(H,33,35,36). The molecule has 206 valence electrons. The number of carbonyl (C=O) groups excluding carboxylic acids is 1. The Hall–Kier alpha value is -4.11. The van der Waals surface area contributed by atoms with Gasteiger partial charge in [-0.05, 0) is 47.2 Å². The summed E-state index contributed by atoms with van der Waals surface area (Å²) in [5.74, 6) is 0.932. The van der Waals surface area contributed by atoms with E-state index < -0.39 is 6.04 Å². The van der Waals surface area contributed by atoms with Crippen LogP contribution in [0.15, 0.2) is 89.2 Å². The second kappa shape index (κ2) is 11.2. The second-order valence-corrected chi connectivity index (χ2v) is 11.6. The summed E-state index contributed by atoms with van der Waals surface area (Å²) in [5.41, 5.74) is 4.40. The van der Waals surface area contributed by atoms with Crippen LogP contribution in [0.5, 0.6) is 5.75 Å². The molecule has 9 heteroatoms. The summed E-state index contributed by atoms with van der Waals surface area (Å²) in [6, 6.07) is 21.7.